The monoisotopic (exact) mass is 423 g/mol. The smallest absolute Gasteiger partial charge is 0.262 e. The second-order valence-electron chi connectivity index (χ2n) is 8.01. The molecule has 0 radical (unpaired) electrons. The SMILES string of the molecule is CCCC(=O)Nc1ccc(C(=O)Cn2cnc3sc4c(c3c2=O)CC[C@H](C)C4)cc1. The van der Waals surface area contributed by atoms with Crippen LogP contribution in [0.3, 0.4) is 0 Å². The molecule has 1 aromatic carbocycles. The van der Waals surface area contributed by atoms with Crippen molar-refractivity contribution in [2.24, 2.45) is 5.92 Å². The zero-order valence-corrected chi connectivity index (χ0v) is 18.1. The van der Waals surface area contributed by atoms with Gasteiger partial charge in [-0.05, 0) is 61.4 Å². The summed E-state index contributed by atoms with van der Waals surface area (Å²) in [4.78, 5) is 44.0. The molecule has 1 atom stereocenters. The zero-order chi connectivity index (χ0) is 21.3. The van der Waals surface area contributed by atoms with Gasteiger partial charge in [-0.15, -0.1) is 11.3 Å². The van der Waals surface area contributed by atoms with E-state index in [9.17, 15) is 14.4 Å². The van der Waals surface area contributed by atoms with Crippen LogP contribution in [0.25, 0.3) is 10.2 Å². The van der Waals surface area contributed by atoms with E-state index in [1.807, 2.05) is 6.92 Å². The number of anilines is 1. The Balaban J connectivity index is 1.54. The Hall–Kier alpha value is -2.80. The predicted octanol–water partition coefficient (Wildman–Crippen LogP) is 4.20. The minimum atomic E-state index is -0.164. The lowest BCUT2D eigenvalue weighted by Gasteiger charge is -2.17. The van der Waals surface area contributed by atoms with Crippen molar-refractivity contribution in [3.8, 4) is 0 Å². The van der Waals surface area contributed by atoms with Crippen LogP contribution in [-0.2, 0) is 24.2 Å². The molecule has 0 saturated carbocycles. The van der Waals surface area contributed by atoms with E-state index in [2.05, 4.69) is 17.2 Å². The molecule has 0 unspecified atom stereocenters. The maximum absolute atomic E-state index is 13.1. The van der Waals surface area contributed by atoms with E-state index < -0.39 is 0 Å². The van der Waals surface area contributed by atoms with Crippen molar-refractivity contribution < 1.29 is 9.59 Å². The Morgan fingerprint density at radius 3 is 2.77 bits per heavy atom. The molecule has 30 heavy (non-hydrogen) atoms. The summed E-state index contributed by atoms with van der Waals surface area (Å²) in [6.07, 6.45) is 5.69. The third-order valence-electron chi connectivity index (χ3n) is 5.56. The molecule has 2 heterocycles. The molecule has 0 bridgehead atoms. The number of aryl methyl sites for hydroxylation is 1. The van der Waals surface area contributed by atoms with Gasteiger partial charge in [-0.25, -0.2) is 4.98 Å². The molecule has 4 rings (SSSR count). The second-order valence-corrected chi connectivity index (χ2v) is 9.09. The quantitative estimate of drug-likeness (QED) is 0.603. The molecular weight excluding hydrogens is 398 g/mol. The minimum absolute atomic E-state index is 0.0454. The lowest BCUT2D eigenvalue weighted by Crippen LogP contribution is -2.25. The fourth-order valence-corrected chi connectivity index (χ4v) is 5.26. The summed E-state index contributed by atoms with van der Waals surface area (Å²) in [7, 11) is 0. The molecule has 2 aromatic heterocycles. The van der Waals surface area contributed by atoms with E-state index in [-0.39, 0.29) is 23.8 Å². The van der Waals surface area contributed by atoms with E-state index in [0.29, 0.717) is 29.0 Å². The molecule has 156 valence electrons. The van der Waals surface area contributed by atoms with Crippen LogP contribution in [0, 0.1) is 5.92 Å². The Kier molecular flexibility index (Phi) is 5.81. The molecule has 0 fully saturated rings. The number of nitrogens with zero attached hydrogens (tertiary/aromatic N) is 2. The zero-order valence-electron chi connectivity index (χ0n) is 17.2. The van der Waals surface area contributed by atoms with Crippen molar-refractivity contribution in [3.63, 3.8) is 0 Å². The third-order valence-corrected chi connectivity index (χ3v) is 6.73. The van der Waals surface area contributed by atoms with Crippen LogP contribution in [0.15, 0.2) is 35.4 Å². The Morgan fingerprint density at radius 2 is 2.03 bits per heavy atom. The average molecular weight is 424 g/mol. The standard InChI is InChI=1S/C23H25N3O3S/c1-3-4-20(28)25-16-8-6-15(7-9-16)18(27)12-26-13-24-22-21(23(26)29)17-10-5-14(2)11-19(17)30-22/h6-9,13-14H,3-5,10-12H2,1-2H3,(H,25,28)/t14-/m0/s1. The van der Waals surface area contributed by atoms with Crippen molar-refractivity contribution >= 4 is 38.9 Å². The highest BCUT2D eigenvalue weighted by atomic mass is 32.1. The third kappa shape index (κ3) is 4.07. The average Bonchev–Trinajstić information content (AvgIpc) is 3.09. The summed E-state index contributed by atoms with van der Waals surface area (Å²) in [5.74, 6) is 0.419. The molecular formula is C23H25N3O3S. The van der Waals surface area contributed by atoms with E-state index >= 15 is 0 Å². The molecule has 7 heteroatoms. The first-order valence-electron chi connectivity index (χ1n) is 10.4. The highest BCUT2D eigenvalue weighted by Crippen LogP contribution is 2.35. The van der Waals surface area contributed by atoms with Gasteiger partial charge in [-0.2, -0.15) is 0 Å². The summed E-state index contributed by atoms with van der Waals surface area (Å²) in [6.45, 7) is 4.13. The number of ketones is 1. The topological polar surface area (TPSA) is 81.1 Å². The van der Waals surface area contributed by atoms with Gasteiger partial charge < -0.3 is 5.32 Å². The van der Waals surface area contributed by atoms with Gasteiger partial charge in [0.05, 0.1) is 18.3 Å². The van der Waals surface area contributed by atoms with Crippen LogP contribution in [-0.4, -0.2) is 21.2 Å². The summed E-state index contributed by atoms with van der Waals surface area (Å²) in [5.41, 5.74) is 2.14. The van der Waals surface area contributed by atoms with Crippen molar-refractivity contribution in [3.05, 3.63) is 57.0 Å². The van der Waals surface area contributed by atoms with Crippen molar-refractivity contribution in [2.75, 3.05) is 5.32 Å². The number of thiophene rings is 1. The first-order valence-corrected chi connectivity index (χ1v) is 11.2. The van der Waals surface area contributed by atoms with Gasteiger partial charge in [0.25, 0.3) is 5.56 Å². The number of carbonyl (C=O) groups is 2. The fraction of sp³-hybridized carbons (Fsp3) is 0.391. The number of rotatable bonds is 6. The van der Waals surface area contributed by atoms with Gasteiger partial charge in [0.2, 0.25) is 5.91 Å². The van der Waals surface area contributed by atoms with Crippen LogP contribution in [0.5, 0.6) is 0 Å². The van der Waals surface area contributed by atoms with Gasteiger partial charge in [0, 0.05) is 22.5 Å². The summed E-state index contributed by atoms with van der Waals surface area (Å²) in [6, 6.07) is 6.77. The van der Waals surface area contributed by atoms with Crippen LogP contribution >= 0.6 is 11.3 Å². The maximum atomic E-state index is 13.1. The molecule has 1 N–H and O–H groups in total. The fourth-order valence-electron chi connectivity index (χ4n) is 3.91. The van der Waals surface area contributed by atoms with E-state index in [4.69, 9.17) is 0 Å². The van der Waals surface area contributed by atoms with Crippen molar-refractivity contribution in [2.45, 2.75) is 52.5 Å². The van der Waals surface area contributed by atoms with Gasteiger partial charge in [-0.3, -0.25) is 19.0 Å². The van der Waals surface area contributed by atoms with Crippen LogP contribution in [0.2, 0.25) is 0 Å². The molecule has 3 aromatic rings. The lowest BCUT2D eigenvalue weighted by molar-refractivity contribution is -0.116. The normalized spacial score (nSPS) is 15.7. The van der Waals surface area contributed by atoms with Crippen molar-refractivity contribution in [1.82, 2.24) is 9.55 Å². The number of amides is 1. The second kappa shape index (κ2) is 8.52. The molecule has 1 aliphatic carbocycles. The highest BCUT2D eigenvalue weighted by molar-refractivity contribution is 7.18. The largest absolute Gasteiger partial charge is 0.326 e. The number of Topliss-reactive ketones (excluding diaryl/α,β-unsaturated/α-hetero) is 1. The number of nitrogens with one attached hydrogen (secondary N) is 1. The Morgan fingerprint density at radius 1 is 1.27 bits per heavy atom. The number of benzene rings is 1. The minimum Gasteiger partial charge on any atom is -0.326 e. The molecule has 0 aliphatic heterocycles. The molecule has 0 saturated heterocycles. The number of hydrogen-bond acceptors (Lipinski definition) is 5. The van der Waals surface area contributed by atoms with Crippen molar-refractivity contribution in [1.29, 1.82) is 0 Å². The van der Waals surface area contributed by atoms with Crippen LogP contribution in [0.4, 0.5) is 5.69 Å². The summed E-state index contributed by atoms with van der Waals surface area (Å²) >= 11 is 1.61. The summed E-state index contributed by atoms with van der Waals surface area (Å²) in [5, 5.41) is 3.49. The predicted molar refractivity (Wildman–Crippen MR) is 119 cm³/mol. The first kappa shape index (κ1) is 20.5. The number of aromatic nitrogens is 2. The van der Waals surface area contributed by atoms with Crippen LogP contribution < -0.4 is 10.9 Å². The van der Waals surface area contributed by atoms with Gasteiger partial charge in [0.15, 0.2) is 5.78 Å². The Bertz CT molecular complexity index is 1160. The van der Waals surface area contributed by atoms with Gasteiger partial charge in [0.1, 0.15) is 4.83 Å². The molecule has 0 spiro atoms. The lowest BCUT2D eigenvalue weighted by atomic mass is 9.89. The van der Waals surface area contributed by atoms with Crippen LogP contribution in [0.1, 0.15) is 53.9 Å². The van der Waals surface area contributed by atoms with Gasteiger partial charge >= 0.3 is 0 Å². The summed E-state index contributed by atoms with van der Waals surface area (Å²) < 4.78 is 1.41. The van der Waals surface area contributed by atoms with Gasteiger partial charge in [-0.1, -0.05) is 13.8 Å². The maximum Gasteiger partial charge on any atom is 0.262 e. The Labute approximate surface area is 179 Å². The number of hydrogen-bond donors (Lipinski definition) is 1. The molecule has 1 amide bonds. The highest BCUT2D eigenvalue weighted by Gasteiger charge is 2.23. The first-order chi connectivity index (χ1) is 14.5. The number of carbonyl (C=O) groups excluding carboxylic acids is 2. The number of fused-ring (bicyclic) bond motifs is 3. The van der Waals surface area contributed by atoms with E-state index in [1.54, 1.807) is 35.6 Å². The van der Waals surface area contributed by atoms with E-state index in [0.717, 1.165) is 36.1 Å². The van der Waals surface area contributed by atoms with E-state index in [1.165, 1.54) is 15.8 Å². The molecule has 1 aliphatic rings. The molecule has 6 nitrogen and oxygen atoms in total.